The van der Waals surface area contributed by atoms with Gasteiger partial charge in [0.2, 0.25) is 0 Å². The molecule has 1 atom stereocenters. The van der Waals surface area contributed by atoms with Crippen LogP contribution in [0.5, 0.6) is 0 Å². The summed E-state index contributed by atoms with van der Waals surface area (Å²) in [4.78, 5) is 0. The maximum atomic E-state index is 7.41. The third-order valence-electron chi connectivity index (χ3n) is 5.97. The van der Waals surface area contributed by atoms with E-state index in [1.807, 2.05) is 12.1 Å². The summed E-state index contributed by atoms with van der Waals surface area (Å²) < 4.78 is 0. The van der Waals surface area contributed by atoms with Crippen LogP contribution in [0.1, 0.15) is 66.2 Å². The van der Waals surface area contributed by atoms with Crippen molar-refractivity contribution in [2.45, 2.75) is 85.4 Å². The van der Waals surface area contributed by atoms with E-state index in [1.165, 1.54) is 53.5 Å². The van der Waals surface area contributed by atoms with Gasteiger partial charge in [-0.05, 0) is 11.1 Å². The zero-order valence-electron chi connectivity index (χ0n) is 21.7. The average molecular weight is 495 g/mol. The molecule has 1 unspecified atom stereocenters. The normalized spacial score (nSPS) is 17.5. The molecule has 2 aromatic carbocycles. The molecule has 0 amide bonds. The minimum Gasteiger partial charge on any atom is -0.675 e. The Kier molecular flexibility index (Phi) is 18.5. The standard InChI is InChI=1S/C12H10.C9H13.C7H14N.C2H7Si.Ti/c1-3-7-11(8-4-1)12-9-5-2-6-10-12;1-6-5-7(2)9(4)8(6)3;8-7-5-3-1-2-4-6-7;1-3-2;/h1-10H;6H,1-4H3;7-8H,1-6H2;3H,1-2H3;/q;2*-1;;+2. The second kappa shape index (κ2) is 19.2. The van der Waals surface area contributed by atoms with Crippen LogP contribution in [0, 0.1) is 12.0 Å². The van der Waals surface area contributed by atoms with E-state index in [0.29, 0.717) is 5.92 Å². The van der Waals surface area contributed by atoms with Gasteiger partial charge in [0.15, 0.2) is 0 Å². The van der Waals surface area contributed by atoms with Crippen LogP contribution in [-0.2, 0) is 21.7 Å². The minimum absolute atomic E-state index is 0. The summed E-state index contributed by atoms with van der Waals surface area (Å²) in [6.07, 6.45) is 11.0. The largest absolute Gasteiger partial charge is 2.00 e. The summed E-state index contributed by atoms with van der Waals surface area (Å²) in [5.74, 6) is 0.560. The minimum atomic E-state index is 0. The van der Waals surface area contributed by atoms with E-state index < -0.39 is 0 Å². The van der Waals surface area contributed by atoms with E-state index in [2.05, 4.69) is 95.4 Å². The molecule has 1 N–H and O–H groups in total. The van der Waals surface area contributed by atoms with Gasteiger partial charge in [0.1, 0.15) is 0 Å². The third kappa shape index (κ3) is 13.3. The summed E-state index contributed by atoms with van der Waals surface area (Å²) in [6.45, 7) is 13.1. The zero-order valence-corrected chi connectivity index (χ0v) is 24.5. The monoisotopic (exact) mass is 494 g/mol. The molecule has 2 aromatic rings. The SMILES string of the molecule is CC1=[C-]C(C)C(C)=C1C.C[SiH]C.[NH-]C1CCCCCC1.[Ti+2].c1ccc(-c2ccccc2)cc1. The van der Waals surface area contributed by atoms with E-state index in [0.717, 1.165) is 22.4 Å². The molecular formula is C30H44NSiTi. The first-order valence-corrected chi connectivity index (χ1v) is 14.5. The molecule has 0 heterocycles. The Hall–Kier alpha value is -1.19. The predicted octanol–water partition coefficient (Wildman–Crippen LogP) is 9.35. The Morgan fingerprint density at radius 3 is 1.42 bits per heavy atom. The Balaban J connectivity index is 0.000000442. The molecule has 1 radical (unpaired) electrons. The maximum absolute atomic E-state index is 7.41. The van der Waals surface area contributed by atoms with Gasteiger partial charge in [-0.3, -0.25) is 6.08 Å². The molecule has 3 heteroatoms. The number of nitrogens with one attached hydrogen (secondary N) is 1. The van der Waals surface area contributed by atoms with Gasteiger partial charge in [-0.2, -0.15) is 11.1 Å². The van der Waals surface area contributed by atoms with Gasteiger partial charge >= 0.3 is 21.7 Å². The second-order valence-electron chi connectivity index (χ2n) is 8.80. The van der Waals surface area contributed by atoms with Gasteiger partial charge in [0, 0.05) is 9.52 Å². The zero-order chi connectivity index (χ0) is 23.8. The fourth-order valence-corrected chi connectivity index (χ4v) is 3.70. The molecule has 1 nitrogen and oxygen atoms in total. The second-order valence-corrected chi connectivity index (χ2v) is 9.95. The summed E-state index contributed by atoms with van der Waals surface area (Å²) in [5, 5.41) is 0. The fourth-order valence-electron chi connectivity index (χ4n) is 3.70. The number of benzene rings is 2. The number of hydrogen-bond donors (Lipinski definition) is 0. The molecule has 2 aliphatic rings. The van der Waals surface area contributed by atoms with Crippen molar-refractivity contribution in [3.05, 3.63) is 89.2 Å². The first-order valence-electron chi connectivity index (χ1n) is 12.2. The Bertz CT molecular complexity index is 753. The molecular weight excluding hydrogens is 450 g/mol. The van der Waals surface area contributed by atoms with Crippen molar-refractivity contribution in [3.63, 3.8) is 0 Å². The average Bonchev–Trinajstić information content (AvgIpc) is 2.99. The van der Waals surface area contributed by atoms with Gasteiger partial charge in [-0.1, -0.05) is 139 Å². The molecule has 0 aliphatic heterocycles. The van der Waals surface area contributed by atoms with Crippen LogP contribution in [0.25, 0.3) is 16.9 Å². The Morgan fingerprint density at radius 1 is 0.758 bits per heavy atom. The molecule has 177 valence electrons. The Morgan fingerprint density at radius 2 is 1.15 bits per heavy atom. The van der Waals surface area contributed by atoms with Crippen LogP contribution in [0.3, 0.4) is 0 Å². The summed E-state index contributed by atoms with van der Waals surface area (Å²) in [6, 6.07) is 21.1. The number of rotatable bonds is 1. The fraction of sp³-hybridized carbons (Fsp3) is 0.467. The maximum Gasteiger partial charge on any atom is 2.00 e. The van der Waals surface area contributed by atoms with Crippen molar-refractivity contribution in [2.75, 3.05) is 0 Å². The summed E-state index contributed by atoms with van der Waals surface area (Å²) in [5.41, 5.74) is 14.2. The molecule has 0 aromatic heterocycles. The molecule has 33 heavy (non-hydrogen) atoms. The van der Waals surface area contributed by atoms with Crippen LogP contribution in [0.2, 0.25) is 13.1 Å². The first kappa shape index (κ1) is 31.8. The van der Waals surface area contributed by atoms with Crippen molar-refractivity contribution in [1.29, 1.82) is 0 Å². The van der Waals surface area contributed by atoms with Crippen molar-refractivity contribution >= 4 is 9.52 Å². The number of allylic oxidation sites excluding steroid dienone is 4. The quantitative estimate of drug-likeness (QED) is 0.214. The predicted molar refractivity (Wildman–Crippen MR) is 147 cm³/mol. The van der Waals surface area contributed by atoms with E-state index in [4.69, 9.17) is 5.73 Å². The van der Waals surface area contributed by atoms with Crippen LogP contribution in [0.4, 0.5) is 0 Å². The van der Waals surface area contributed by atoms with Crippen molar-refractivity contribution in [3.8, 4) is 11.1 Å². The van der Waals surface area contributed by atoms with Gasteiger partial charge in [0.25, 0.3) is 0 Å². The van der Waals surface area contributed by atoms with E-state index >= 15 is 0 Å². The molecule has 1 fully saturated rings. The van der Waals surface area contributed by atoms with E-state index in [9.17, 15) is 0 Å². The van der Waals surface area contributed by atoms with E-state index in [-0.39, 0.29) is 27.8 Å². The van der Waals surface area contributed by atoms with Gasteiger partial charge < -0.3 is 5.73 Å². The summed E-state index contributed by atoms with van der Waals surface area (Å²) in [7, 11) is 0.750. The van der Waals surface area contributed by atoms with Crippen molar-refractivity contribution < 1.29 is 21.7 Å². The first-order chi connectivity index (χ1) is 15.4. The topological polar surface area (TPSA) is 23.8 Å². The molecule has 1 saturated carbocycles. The molecule has 4 rings (SSSR count). The van der Waals surface area contributed by atoms with Crippen molar-refractivity contribution in [2.24, 2.45) is 5.92 Å². The Labute approximate surface area is 222 Å². The smallest absolute Gasteiger partial charge is 0.675 e. The van der Waals surface area contributed by atoms with Gasteiger partial charge in [0.05, 0.1) is 0 Å². The third-order valence-corrected chi connectivity index (χ3v) is 5.97. The van der Waals surface area contributed by atoms with Crippen LogP contribution >= 0.6 is 0 Å². The van der Waals surface area contributed by atoms with Crippen LogP contribution < -0.4 is 0 Å². The summed E-state index contributed by atoms with van der Waals surface area (Å²) >= 11 is 0. The van der Waals surface area contributed by atoms with Gasteiger partial charge in [-0.25, -0.2) is 5.57 Å². The van der Waals surface area contributed by atoms with Crippen molar-refractivity contribution in [1.82, 2.24) is 0 Å². The molecule has 2 aliphatic carbocycles. The molecule has 0 bridgehead atoms. The van der Waals surface area contributed by atoms with Gasteiger partial charge in [-0.15, -0.1) is 13.0 Å². The van der Waals surface area contributed by atoms with E-state index in [1.54, 1.807) is 0 Å². The number of hydrogen-bond acceptors (Lipinski definition) is 0. The van der Waals surface area contributed by atoms with Crippen LogP contribution in [-0.4, -0.2) is 15.6 Å². The van der Waals surface area contributed by atoms with Crippen LogP contribution in [0.15, 0.2) is 77.4 Å². The molecule has 0 saturated heterocycles. The molecule has 0 spiro atoms.